The first kappa shape index (κ1) is 20.6. The van der Waals surface area contributed by atoms with Crippen LogP contribution in [0.4, 0.5) is 5.82 Å². The molecule has 0 spiro atoms. The van der Waals surface area contributed by atoms with Gasteiger partial charge in [0, 0.05) is 24.8 Å². The molecule has 3 aliphatic rings. The number of amides is 3. The predicted molar refractivity (Wildman–Crippen MR) is 123 cm³/mol. The third-order valence-corrected chi connectivity index (χ3v) is 7.04. The molecule has 0 aliphatic carbocycles. The molecule has 0 radical (unpaired) electrons. The number of carbonyl (C=O) groups is 3. The minimum atomic E-state index is -0.368. The SMILES string of the molecule is Cc1cc(N)nc(C)c1CNC(=O)c1ccc2c(c1)C1OC2c2cc3c(cc21)C(=O)N(C)C3=O. The second-order valence-electron chi connectivity index (χ2n) is 9.05. The Morgan fingerprint density at radius 2 is 1.62 bits per heavy atom. The molecule has 3 aromatic rings. The van der Waals surface area contributed by atoms with Crippen LogP contribution in [0.25, 0.3) is 0 Å². The van der Waals surface area contributed by atoms with Gasteiger partial charge in [-0.05, 0) is 77.6 Å². The maximum absolute atomic E-state index is 12.9. The number of aromatic nitrogens is 1. The Labute approximate surface area is 195 Å². The largest absolute Gasteiger partial charge is 0.384 e. The van der Waals surface area contributed by atoms with Gasteiger partial charge in [0.25, 0.3) is 17.7 Å². The second kappa shape index (κ2) is 6.98. The van der Waals surface area contributed by atoms with E-state index in [1.54, 1.807) is 24.3 Å². The lowest BCUT2D eigenvalue weighted by Gasteiger charge is -2.17. The van der Waals surface area contributed by atoms with E-state index in [0.717, 1.165) is 44.0 Å². The third kappa shape index (κ3) is 2.75. The topological polar surface area (TPSA) is 115 Å². The zero-order chi connectivity index (χ0) is 23.9. The molecule has 170 valence electrons. The van der Waals surface area contributed by atoms with Crippen molar-refractivity contribution in [1.82, 2.24) is 15.2 Å². The molecule has 8 heteroatoms. The lowest BCUT2D eigenvalue weighted by atomic mass is 9.83. The summed E-state index contributed by atoms with van der Waals surface area (Å²) in [5, 5.41) is 2.97. The number of rotatable bonds is 3. The van der Waals surface area contributed by atoms with Crippen molar-refractivity contribution in [3.63, 3.8) is 0 Å². The van der Waals surface area contributed by atoms with Gasteiger partial charge in [-0.2, -0.15) is 0 Å². The molecule has 2 atom stereocenters. The number of ether oxygens (including phenoxy) is 1. The van der Waals surface area contributed by atoms with Crippen LogP contribution >= 0.6 is 0 Å². The number of anilines is 1. The highest BCUT2D eigenvalue weighted by Gasteiger charge is 2.45. The number of nitrogen functional groups attached to an aromatic ring is 1. The molecule has 0 saturated heterocycles. The number of hydrogen-bond donors (Lipinski definition) is 2. The van der Waals surface area contributed by atoms with Crippen molar-refractivity contribution in [1.29, 1.82) is 0 Å². The molecule has 6 rings (SSSR count). The van der Waals surface area contributed by atoms with Crippen molar-refractivity contribution in [2.24, 2.45) is 0 Å². The number of carbonyl (C=O) groups excluding carboxylic acids is 3. The van der Waals surface area contributed by atoms with E-state index in [4.69, 9.17) is 10.5 Å². The van der Waals surface area contributed by atoms with E-state index in [1.165, 1.54) is 7.05 Å². The van der Waals surface area contributed by atoms with E-state index in [0.29, 0.717) is 29.1 Å². The Hall–Kier alpha value is -4.04. The molecule has 3 N–H and O–H groups in total. The van der Waals surface area contributed by atoms with Gasteiger partial charge >= 0.3 is 0 Å². The predicted octanol–water partition coefficient (Wildman–Crippen LogP) is 2.96. The van der Waals surface area contributed by atoms with Crippen molar-refractivity contribution in [3.05, 3.63) is 92.2 Å². The van der Waals surface area contributed by atoms with Gasteiger partial charge in [-0.15, -0.1) is 0 Å². The summed E-state index contributed by atoms with van der Waals surface area (Å²) in [5.74, 6) is -0.332. The highest BCUT2D eigenvalue weighted by Crippen LogP contribution is 2.55. The fraction of sp³-hybridized carbons (Fsp3) is 0.231. The average molecular weight is 454 g/mol. The van der Waals surface area contributed by atoms with Crippen LogP contribution < -0.4 is 11.1 Å². The fourth-order valence-electron chi connectivity index (χ4n) is 5.27. The quantitative estimate of drug-likeness (QED) is 0.588. The van der Waals surface area contributed by atoms with E-state index >= 15 is 0 Å². The van der Waals surface area contributed by atoms with Crippen molar-refractivity contribution >= 4 is 23.5 Å². The summed E-state index contributed by atoms with van der Waals surface area (Å²) in [4.78, 5) is 43.2. The molecule has 3 amide bonds. The van der Waals surface area contributed by atoms with E-state index in [9.17, 15) is 14.4 Å². The van der Waals surface area contributed by atoms with E-state index < -0.39 is 0 Å². The molecule has 2 bridgehead atoms. The fourth-order valence-corrected chi connectivity index (χ4v) is 5.27. The number of aryl methyl sites for hydroxylation is 2. The smallest absolute Gasteiger partial charge is 0.261 e. The van der Waals surface area contributed by atoms with Crippen molar-refractivity contribution < 1.29 is 19.1 Å². The number of benzene rings is 2. The Morgan fingerprint density at radius 1 is 1.00 bits per heavy atom. The first-order chi connectivity index (χ1) is 16.2. The Balaban J connectivity index is 1.28. The molecule has 1 aromatic heterocycles. The second-order valence-corrected chi connectivity index (χ2v) is 9.05. The van der Waals surface area contributed by atoms with Crippen molar-refractivity contribution in [2.45, 2.75) is 32.6 Å². The summed E-state index contributed by atoms with van der Waals surface area (Å²) in [6.07, 6.45) is -0.676. The maximum atomic E-state index is 12.9. The van der Waals surface area contributed by atoms with Crippen LogP contribution in [0.15, 0.2) is 36.4 Å². The van der Waals surface area contributed by atoms with Crippen molar-refractivity contribution in [2.75, 3.05) is 12.8 Å². The van der Waals surface area contributed by atoms with Crippen LogP contribution in [0, 0.1) is 13.8 Å². The van der Waals surface area contributed by atoms with Gasteiger partial charge in [-0.1, -0.05) is 6.07 Å². The molecular formula is C26H22N4O4. The summed E-state index contributed by atoms with van der Waals surface area (Å²) >= 11 is 0. The van der Waals surface area contributed by atoms with Crippen LogP contribution in [0.1, 0.15) is 82.4 Å². The number of nitrogens with zero attached hydrogens (tertiary/aromatic N) is 2. The van der Waals surface area contributed by atoms with E-state index in [2.05, 4.69) is 10.3 Å². The number of fused-ring (bicyclic) bond motifs is 9. The minimum Gasteiger partial charge on any atom is -0.384 e. The van der Waals surface area contributed by atoms with Crippen molar-refractivity contribution in [3.8, 4) is 0 Å². The van der Waals surface area contributed by atoms with Crippen LogP contribution in [0.3, 0.4) is 0 Å². The lowest BCUT2D eigenvalue weighted by molar-refractivity contribution is 0.0692. The summed E-state index contributed by atoms with van der Waals surface area (Å²) < 4.78 is 6.21. The Morgan fingerprint density at radius 3 is 2.26 bits per heavy atom. The summed E-state index contributed by atoms with van der Waals surface area (Å²) in [6.45, 7) is 4.17. The third-order valence-electron chi connectivity index (χ3n) is 7.04. The van der Waals surface area contributed by atoms with Crippen LogP contribution in [0.2, 0.25) is 0 Å². The molecular weight excluding hydrogens is 432 g/mol. The van der Waals surface area contributed by atoms with Gasteiger partial charge in [0.15, 0.2) is 0 Å². The van der Waals surface area contributed by atoms with Gasteiger partial charge in [0.1, 0.15) is 18.0 Å². The lowest BCUT2D eigenvalue weighted by Crippen LogP contribution is -2.24. The monoisotopic (exact) mass is 454 g/mol. The first-order valence-electron chi connectivity index (χ1n) is 11.0. The van der Waals surface area contributed by atoms with Gasteiger partial charge < -0.3 is 15.8 Å². The molecule has 8 nitrogen and oxygen atoms in total. The number of nitrogens with two attached hydrogens (primary N) is 1. The number of imide groups is 1. The molecule has 3 aliphatic heterocycles. The minimum absolute atomic E-state index is 0.197. The highest BCUT2D eigenvalue weighted by atomic mass is 16.5. The van der Waals surface area contributed by atoms with Crippen LogP contribution in [0.5, 0.6) is 0 Å². The summed E-state index contributed by atoms with van der Waals surface area (Å²) in [6, 6.07) is 10.9. The standard InChI is InChI=1S/C26H22N4O4/c1-11-6-21(27)29-12(2)20(11)10-28-24(31)13-4-5-14-15(7-13)23-17-9-19-18(8-16(17)22(14)34-23)25(32)30(3)26(19)33/h4-9,22-23H,10H2,1-3H3,(H2,27,29)(H,28,31). The Kier molecular flexibility index (Phi) is 4.22. The Bertz CT molecular complexity index is 1440. The summed E-state index contributed by atoms with van der Waals surface area (Å²) in [5.41, 5.74) is 13.5. The molecule has 4 heterocycles. The molecule has 2 unspecified atom stereocenters. The van der Waals surface area contributed by atoms with Gasteiger partial charge in [-0.3, -0.25) is 19.3 Å². The van der Waals surface area contributed by atoms with Crippen LogP contribution in [-0.4, -0.2) is 34.7 Å². The van der Waals surface area contributed by atoms with Gasteiger partial charge in [-0.25, -0.2) is 4.98 Å². The number of pyridine rings is 1. The molecule has 0 saturated carbocycles. The van der Waals surface area contributed by atoms with Crippen LogP contribution in [-0.2, 0) is 11.3 Å². The zero-order valence-electron chi connectivity index (χ0n) is 18.9. The zero-order valence-corrected chi connectivity index (χ0v) is 18.9. The summed E-state index contributed by atoms with van der Waals surface area (Å²) in [7, 11) is 1.49. The molecule has 2 aromatic carbocycles. The van der Waals surface area contributed by atoms with Gasteiger partial charge in [0.05, 0.1) is 11.1 Å². The number of hydrogen-bond acceptors (Lipinski definition) is 6. The first-order valence-corrected chi connectivity index (χ1v) is 11.0. The average Bonchev–Trinajstić information content (AvgIpc) is 3.43. The van der Waals surface area contributed by atoms with E-state index in [-0.39, 0.29) is 29.9 Å². The van der Waals surface area contributed by atoms with Gasteiger partial charge in [0.2, 0.25) is 0 Å². The highest BCUT2D eigenvalue weighted by molar-refractivity contribution is 6.21. The normalized spacial score (nSPS) is 19.3. The van der Waals surface area contributed by atoms with E-state index in [1.807, 2.05) is 26.0 Å². The number of nitrogens with one attached hydrogen (secondary N) is 1. The molecule has 34 heavy (non-hydrogen) atoms. The maximum Gasteiger partial charge on any atom is 0.261 e. The molecule has 0 fully saturated rings.